The van der Waals surface area contributed by atoms with Crippen LogP contribution < -0.4 is 10.2 Å². The number of carboxylic acids is 1. The quantitative estimate of drug-likeness (QED) is 0.672. The van der Waals surface area contributed by atoms with Crippen molar-refractivity contribution in [1.82, 2.24) is 15.2 Å². The third kappa shape index (κ3) is 7.07. The van der Waals surface area contributed by atoms with Crippen molar-refractivity contribution in [2.24, 2.45) is 0 Å². The summed E-state index contributed by atoms with van der Waals surface area (Å²) in [7, 11) is 0. The number of piperidine rings is 1. The predicted octanol–water partition coefficient (Wildman–Crippen LogP) is 3.38. The van der Waals surface area contributed by atoms with Gasteiger partial charge >= 0.3 is 12.1 Å². The van der Waals surface area contributed by atoms with Crippen LogP contribution in [0.25, 0.3) is 0 Å². The number of aliphatic carboxylic acids is 1. The van der Waals surface area contributed by atoms with E-state index >= 15 is 0 Å². The van der Waals surface area contributed by atoms with Gasteiger partial charge in [-0.3, -0.25) is 9.69 Å². The maximum Gasteiger partial charge on any atom is 0.490 e. The van der Waals surface area contributed by atoms with E-state index in [1.807, 2.05) is 42.6 Å². The molecule has 2 N–H and O–H groups in total. The van der Waals surface area contributed by atoms with E-state index in [1.54, 1.807) is 0 Å². The maximum absolute atomic E-state index is 12.6. The molecule has 4 rings (SSSR count). The number of hydrogen-bond acceptors (Lipinski definition) is 5. The third-order valence-corrected chi connectivity index (χ3v) is 6.12. The van der Waals surface area contributed by atoms with Crippen molar-refractivity contribution in [2.75, 3.05) is 31.1 Å². The molecule has 0 spiro atoms. The summed E-state index contributed by atoms with van der Waals surface area (Å²) in [5.74, 6) is -1.57. The molecule has 1 aromatic heterocycles. The van der Waals surface area contributed by atoms with Gasteiger partial charge in [0.15, 0.2) is 0 Å². The molecule has 2 fully saturated rings. The number of alkyl halides is 3. The third-order valence-electron chi connectivity index (χ3n) is 5.86. The molecule has 1 atom stereocenters. The number of benzene rings is 1. The predicted molar refractivity (Wildman–Crippen MR) is 122 cm³/mol. The first-order valence-corrected chi connectivity index (χ1v) is 11.3. The van der Waals surface area contributed by atoms with Crippen molar-refractivity contribution in [3.63, 3.8) is 0 Å². The Labute approximate surface area is 200 Å². The van der Waals surface area contributed by atoms with Crippen LogP contribution in [0.4, 0.5) is 19.0 Å². The Morgan fingerprint density at radius 3 is 2.32 bits per heavy atom. The molecular formula is C23H26ClF3N4O3. The SMILES string of the molecule is O=C(O)C(F)(F)F.O=C1NCCN(C2CCN(c3ccccn3)CC2)C1Cc1ccc(Cl)cc1. The van der Waals surface area contributed by atoms with Crippen molar-refractivity contribution >= 4 is 29.3 Å². The number of pyridine rings is 1. The summed E-state index contributed by atoms with van der Waals surface area (Å²) in [5.41, 5.74) is 1.15. The molecular weight excluding hydrogens is 473 g/mol. The lowest BCUT2D eigenvalue weighted by atomic mass is 9.96. The molecule has 0 aliphatic carbocycles. The molecule has 1 amide bonds. The van der Waals surface area contributed by atoms with E-state index in [0.29, 0.717) is 6.04 Å². The molecule has 2 aliphatic rings. The lowest BCUT2D eigenvalue weighted by Crippen LogP contribution is -2.60. The summed E-state index contributed by atoms with van der Waals surface area (Å²) in [5, 5.41) is 10.9. The highest BCUT2D eigenvalue weighted by atomic mass is 35.5. The Kier molecular flexibility index (Phi) is 8.73. The fourth-order valence-corrected chi connectivity index (χ4v) is 4.32. The zero-order valence-corrected chi connectivity index (χ0v) is 19.1. The molecule has 11 heteroatoms. The Morgan fingerprint density at radius 2 is 1.76 bits per heavy atom. The first kappa shape index (κ1) is 25.8. The molecule has 2 saturated heterocycles. The number of hydrogen-bond donors (Lipinski definition) is 2. The average Bonchev–Trinajstić information content (AvgIpc) is 2.82. The fourth-order valence-electron chi connectivity index (χ4n) is 4.19. The van der Waals surface area contributed by atoms with Crippen LogP contribution in [0, 0.1) is 0 Å². The highest BCUT2D eigenvalue weighted by Gasteiger charge is 2.38. The minimum atomic E-state index is -5.08. The molecule has 2 aromatic rings. The number of piperazine rings is 1. The number of rotatable bonds is 4. The summed E-state index contributed by atoms with van der Waals surface area (Å²) in [4.78, 5) is 30.7. The van der Waals surface area contributed by atoms with E-state index in [2.05, 4.69) is 26.2 Å². The van der Waals surface area contributed by atoms with Crippen LogP contribution in [0.2, 0.25) is 5.02 Å². The van der Waals surface area contributed by atoms with Gasteiger partial charge in [-0.25, -0.2) is 9.78 Å². The number of carbonyl (C=O) groups is 2. The molecule has 2 aliphatic heterocycles. The highest BCUT2D eigenvalue weighted by molar-refractivity contribution is 6.30. The van der Waals surface area contributed by atoms with E-state index in [-0.39, 0.29) is 11.9 Å². The molecule has 3 heterocycles. The monoisotopic (exact) mass is 498 g/mol. The van der Waals surface area contributed by atoms with Gasteiger partial charge in [-0.2, -0.15) is 13.2 Å². The van der Waals surface area contributed by atoms with Crippen LogP contribution >= 0.6 is 11.6 Å². The normalized spacial score (nSPS) is 19.7. The van der Waals surface area contributed by atoms with Crippen LogP contribution in [-0.2, 0) is 16.0 Å². The molecule has 184 valence electrons. The summed E-state index contributed by atoms with van der Waals surface area (Å²) in [6.07, 6.45) is -0.399. The smallest absolute Gasteiger partial charge is 0.475 e. The number of carboxylic acid groups (broad SMARTS) is 1. The summed E-state index contributed by atoms with van der Waals surface area (Å²) < 4.78 is 31.7. The molecule has 1 aromatic carbocycles. The second-order valence-corrected chi connectivity index (χ2v) is 8.52. The maximum atomic E-state index is 12.6. The van der Waals surface area contributed by atoms with E-state index < -0.39 is 12.1 Å². The van der Waals surface area contributed by atoms with Crippen molar-refractivity contribution in [3.05, 3.63) is 59.2 Å². The average molecular weight is 499 g/mol. The van der Waals surface area contributed by atoms with Gasteiger partial charge in [-0.15, -0.1) is 0 Å². The van der Waals surface area contributed by atoms with Crippen molar-refractivity contribution in [3.8, 4) is 0 Å². The van der Waals surface area contributed by atoms with Gasteiger partial charge in [-0.1, -0.05) is 29.8 Å². The van der Waals surface area contributed by atoms with Crippen molar-refractivity contribution in [2.45, 2.75) is 37.5 Å². The number of nitrogens with one attached hydrogen (secondary N) is 1. The largest absolute Gasteiger partial charge is 0.490 e. The highest BCUT2D eigenvalue weighted by Crippen LogP contribution is 2.25. The van der Waals surface area contributed by atoms with Gasteiger partial charge in [0.05, 0.1) is 6.04 Å². The van der Waals surface area contributed by atoms with Gasteiger partial charge in [0.25, 0.3) is 0 Å². The fraction of sp³-hybridized carbons (Fsp3) is 0.435. The second-order valence-electron chi connectivity index (χ2n) is 8.08. The van der Waals surface area contributed by atoms with Gasteiger partial charge in [0.1, 0.15) is 5.82 Å². The number of aromatic nitrogens is 1. The number of carbonyl (C=O) groups excluding carboxylic acids is 1. The van der Waals surface area contributed by atoms with Crippen molar-refractivity contribution in [1.29, 1.82) is 0 Å². The Bertz CT molecular complexity index is 952. The Morgan fingerprint density at radius 1 is 1.12 bits per heavy atom. The van der Waals surface area contributed by atoms with Crippen molar-refractivity contribution < 1.29 is 27.9 Å². The summed E-state index contributed by atoms with van der Waals surface area (Å²) in [6, 6.07) is 14.2. The second kappa shape index (κ2) is 11.5. The van der Waals surface area contributed by atoms with Gasteiger partial charge < -0.3 is 15.3 Å². The molecule has 0 radical (unpaired) electrons. The minimum absolute atomic E-state index is 0.105. The zero-order valence-electron chi connectivity index (χ0n) is 18.3. The van der Waals surface area contributed by atoms with Crippen LogP contribution in [0.15, 0.2) is 48.7 Å². The van der Waals surface area contributed by atoms with E-state index in [9.17, 15) is 18.0 Å². The van der Waals surface area contributed by atoms with E-state index in [0.717, 1.165) is 61.8 Å². The Balaban J connectivity index is 0.000000406. The van der Waals surface area contributed by atoms with Crippen LogP contribution in [0.3, 0.4) is 0 Å². The number of amides is 1. The van der Waals surface area contributed by atoms with Gasteiger partial charge in [0.2, 0.25) is 5.91 Å². The van der Waals surface area contributed by atoms with Crippen LogP contribution in [0.1, 0.15) is 18.4 Å². The molecule has 0 bridgehead atoms. The molecule has 34 heavy (non-hydrogen) atoms. The first-order chi connectivity index (χ1) is 16.1. The van der Waals surface area contributed by atoms with Gasteiger partial charge in [0, 0.05) is 43.4 Å². The van der Waals surface area contributed by atoms with Crippen LogP contribution in [-0.4, -0.2) is 71.3 Å². The van der Waals surface area contributed by atoms with E-state index in [4.69, 9.17) is 21.5 Å². The Hall–Kier alpha value is -2.85. The standard InChI is InChI=1S/C21H25ClN4O.C2HF3O2/c22-17-6-4-16(5-7-17)15-19-21(27)24-11-14-26(19)18-8-12-25(13-9-18)20-3-1-2-10-23-20;3-2(4,5)1(6)7/h1-7,10,18-19H,8-9,11-15H2,(H,24,27);(H,6,7). The lowest BCUT2D eigenvalue weighted by Gasteiger charge is -2.44. The number of anilines is 1. The zero-order chi connectivity index (χ0) is 24.7. The molecule has 7 nitrogen and oxygen atoms in total. The molecule has 1 unspecified atom stereocenters. The topological polar surface area (TPSA) is 85.8 Å². The lowest BCUT2D eigenvalue weighted by molar-refractivity contribution is -0.192. The first-order valence-electron chi connectivity index (χ1n) is 10.9. The summed E-state index contributed by atoms with van der Waals surface area (Å²) >= 11 is 6.00. The number of nitrogens with zero attached hydrogens (tertiary/aromatic N) is 3. The minimum Gasteiger partial charge on any atom is -0.475 e. The van der Waals surface area contributed by atoms with Gasteiger partial charge in [-0.05, 0) is 49.1 Å². The van der Waals surface area contributed by atoms with E-state index in [1.165, 1.54) is 0 Å². The number of halogens is 4. The summed E-state index contributed by atoms with van der Waals surface area (Å²) in [6.45, 7) is 3.61. The molecule has 0 saturated carbocycles. The van der Waals surface area contributed by atoms with Crippen LogP contribution in [0.5, 0.6) is 0 Å².